The van der Waals surface area contributed by atoms with Gasteiger partial charge in [-0.15, -0.1) is 0 Å². The first-order valence-corrected chi connectivity index (χ1v) is 10.5. The van der Waals surface area contributed by atoms with Crippen LogP contribution >= 0.6 is 23.2 Å². The Labute approximate surface area is 185 Å². The first-order valence-electron chi connectivity index (χ1n) is 9.74. The Bertz CT molecular complexity index is 1080. The van der Waals surface area contributed by atoms with Crippen molar-refractivity contribution in [1.29, 1.82) is 0 Å². The van der Waals surface area contributed by atoms with Gasteiger partial charge in [0.2, 0.25) is 0 Å². The van der Waals surface area contributed by atoms with Gasteiger partial charge in [0.25, 0.3) is 0 Å². The van der Waals surface area contributed by atoms with Crippen LogP contribution < -0.4 is 5.32 Å². The minimum atomic E-state index is -0.453. The highest BCUT2D eigenvalue weighted by Crippen LogP contribution is 2.43. The lowest BCUT2D eigenvalue weighted by Crippen LogP contribution is -2.48. The lowest BCUT2D eigenvalue weighted by atomic mass is 9.67. The van der Waals surface area contributed by atoms with E-state index < -0.39 is 11.9 Å². The lowest BCUT2D eigenvalue weighted by molar-refractivity contribution is -0.125. The van der Waals surface area contributed by atoms with Crippen LogP contribution in [0.3, 0.4) is 0 Å². The van der Waals surface area contributed by atoms with Crippen molar-refractivity contribution in [2.24, 2.45) is 16.3 Å². The summed E-state index contributed by atoms with van der Waals surface area (Å²) >= 11 is 12.6. The van der Waals surface area contributed by atoms with Crippen LogP contribution in [0.4, 0.5) is 11.4 Å². The van der Waals surface area contributed by atoms with Gasteiger partial charge in [0.05, 0.1) is 40.7 Å². The summed E-state index contributed by atoms with van der Waals surface area (Å²) in [6.07, 6.45) is 1.24. The number of esters is 1. The van der Waals surface area contributed by atoms with Crippen LogP contribution in [-0.4, -0.2) is 30.6 Å². The number of aliphatic imine (C=N–C) groups is 1. The van der Waals surface area contributed by atoms with Gasteiger partial charge in [-0.25, -0.2) is 9.79 Å². The molecule has 1 saturated carbocycles. The third-order valence-electron chi connectivity index (χ3n) is 5.68. The molecule has 2 atom stereocenters. The molecular weight excluding hydrogens is 423 g/mol. The molecule has 0 spiro atoms. The molecule has 0 aromatic heterocycles. The molecule has 0 radical (unpaired) electrons. The number of fused-ring (bicyclic) bond motifs is 2. The summed E-state index contributed by atoms with van der Waals surface area (Å²) in [7, 11) is 1.35. The predicted octanol–water partition coefficient (Wildman–Crippen LogP) is 5.70. The van der Waals surface area contributed by atoms with E-state index in [1.807, 2.05) is 0 Å². The number of ether oxygens (including phenoxy) is 1. The summed E-state index contributed by atoms with van der Waals surface area (Å²) in [5.41, 5.74) is 2.92. The second-order valence-electron chi connectivity index (χ2n) is 8.58. The van der Waals surface area contributed by atoms with Gasteiger partial charge in [0, 0.05) is 23.0 Å². The molecule has 2 aromatic rings. The van der Waals surface area contributed by atoms with E-state index in [0.717, 1.165) is 6.42 Å². The summed E-state index contributed by atoms with van der Waals surface area (Å²) in [6, 6.07) is 10.2. The Morgan fingerprint density at radius 1 is 1.20 bits per heavy atom. The highest BCUT2D eigenvalue weighted by atomic mass is 35.5. The molecule has 5 nitrogen and oxygen atoms in total. The minimum Gasteiger partial charge on any atom is -0.465 e. The number of methoxy groups -OCH3 is 1. The van der Waals surface area contributed by atoms with Crippen molar-refractivity contribution >= 4 is 52.0 Å². The molecule has 2 aromatic carbocycles. The van der Waals surface area contributed by atoms with Gasteiger partial charge in [-0.05, 0) is 42.2 Å². The molecular formula is C23H22Cl2N2O3. The zero-order chi connectivity index (χ0) is 21.6. The van der Waals surface area contributed by atoms with E-state index in [1.165, 1.54) is 7.11 Å². The Kier molecular flexibility index (Phi) is 5.37. The molecule has 1 aliphatic heterocycles. The maximum atomic E-state index is 13.3. The Morgan fingerprint density at radius 2 is 1.97 bits per heavy atom. The Balaban J connectivity index is 1.90. The van der Waals surface area contributed by atoms with E-state index in [1.54, 1.807) is 36.4 Å². The number of Topliss-reactive ketones (excluding diaryl/α,β-unsaturated/α-hetero) is 1. The fraction of sp³-hybridized carbons (Fsp3) is 0.348. The average Bonchev–Trinajstić information content (AvgIpc) is 2.82. The number of anilines is 1. The SMILES string of the molecule is COC(=O)c1ccc2c(c1)NC1CC(C)(C)CC(=O)C1C(c1ccc(Cl)cc1Cl)=N2. The van der Waals surface area contributed by atoms with Gasteiger partial charge in [-0.1, -0.05) is 43.1 Å². The summed E-state index contributed by atoms with van der Waals surface area (Å²) in [5.74, 6) is -0.759. The van der Waals surface area contributed by atoms with Crippen LogP contribution in [0.5, 0.6) is 0 Å². The highest BCUT2D eigenvalue weighted by molar-refractivity contribution is 6.37. The summed E-state index contributed by atoms with van der Waals surface area (Å²) in [6.45, 7) is 4.18. The summed E-state index contributed by atoms with van der Waals surface area (Å²) in [4.78, 5) is 30.1. The topological polar surface area (TPSA) is 67.8 Å². The molecule has 2 unspecified atom stereocenters. The largest absolute Gasteiger partial charge is 0.465 e. The van der Waals surface area contributed by atoms with Crippen LogP contribution in [0.2, 0.25) is 10.0 Å². The highest BCUT2D eigenvalue weighted by Gasteiger charge is 2.45. The third kappa shape index (κ3) is 3.84. The van der Waals surface area contributed by atoms with Crippen molar-refractivity contribution in [3.05, 3.63) is 57.6 Å². The fourth-order valence-corrected chi connectivity index (χ4v) is 4.89. The van der Waals surface area contributed by atoms with Crippen LogP contribution in [0.1, 0.15) is 42.6 Å². The van der Waals surface area contributed by atoms with Gasteiger partial charge in [0.1, 0.15) is 5.78 Å². The zero-order valence-corrected chi connectivity index (χ0v) is 18.5. The van der Waals surface area contributed by atoms with E-state index in [2.05, 4.69) is 19.2 Å². The number of halogens is 2. The number of carbonyl (C=O) groups is 2. The van der Waals surface area contributed by atoms with Crippen molar-refractivity contribution in [1.82, 2.24) is 0 Å². The molecule has 0 bridgehead atoms. The van der Waals surface area contributed by atoms with E-state index in [-0.39, 0.29) is 17.2 Å². The Morgan fingerprint density at radius 3 is 2.67 bits per heavy atom. The van der Waals surface area contributed by atoms with Crippen LogP contribution in [-0.2, 0) is 9.53 Å². The van der Waals surface area contributed by atoms with E-state index in [4.69, 9.17) is 32.9 Å². The summed E-state index contributed by atoms with van der Waals surface area (Å²) < 4.78 is 4.85. The molecule has 4 rings (SSSR count). The molecule has 30 heavy (non-hydrogen) atoms. The molecule has 1 fully saturated rings. The van der Waals surface area contributed by atoms with Crippen molar-refractivity contribution in [3.8, 4) is 0 Å². The van der Waals surface area contributed by atoms with Crippen molar-refractivity contribution in [2.75, 3.05) is 12.4 Å². The number of hydrogen-bond acceptors (Lipinski definition) is 5. The first-order chi connectivity index (χ1) is 14.2. The monoisotopic (exact) mass is 444 g/mol. The molecule has 0 saturated heterocycles. The van der Waals surface area contributed by atoms with Gasteiger partial charge in [-0.3, -0.25) is 4.79 Å². The molecule has 1 heterocycles. The molecule has 7 heteroatoms. The predicted molar refractivity (Wildman–Crippen MR) is 119 cm³/mol. The van der Waals surface area contributed by atoms with Crippen LogP contribution in [0, 0.1) is 11.3 Å². The summed E-state index contributed by atoms with van der Waals surface area (Å²) in [5, 5.41) is 4.46. The van der Waals surface area contributed by atoms with Crippen molar-refractivity contribution < 1.29 is 14.3 Å². The van der Waals surface area contributed by atoms with Gasteiger partial charge in [-0.2, -0.15) is 0 Å². The van der Waals surface area contributed by atoms with Gasteiger partial charge < -0.3 is 10.1 Å². The number of hydrogen-bond donors (Lipinski definition) is 1. The third-order valence-corrected chi connectivity index (χ3v) is 6.22. The average molecular weight is 445 g/mol. The number of nitrogens with one attached hydrogen (secondary N) is 1. The number of nitrogens with zero attached hydrogens (tertiary/aromatic N) is 1. The van der Waals surface area contributed by atoms with Crippen LogP contribution in [0.15, 0.2) is 41.4 Å². The Hall–Kier alpha value is -2.37. The standard InChI is InChI=1S/C23H22Cl2N2O3/c1-23(2)10-18-20(19(28)11-23)21(14-6-5-13(24)9-15(14)25)27-16-7-4-12(22(29)30-3)8-17(16)26-18/h4-9,18,20,26H,10-11H2,1-3H3. The number of benzene rings is 2. The first kappa shape index (κ1) is 20.9. The maximum absolute atomic E-state index is 13.3. The smallest absolute Gasteiger partial charge is 0.337 e. The maximum Gasteiger partial charge on any atom is 0.337 e. The quantitative estimate of drug-likeness (QED) is 0.603. The molecule has 2 aliphatic rings. The zero-order valence-electron chi connectivity index (χ0n) is 17.0. The molecule has 156 valence electrons. The van der Waals surface area contributed by atoms with E-state index in [9.17, 15) is 9.59 Å². The number of rotatable bonds is 2. The fourth-order valence-electron chi connectivity index (χ4n) is 4.39. The molecule has 1 aliphatic carbocycles. The van der Waals surface area contributed by atoms with Crippen molar-refractivity contribution in [2.45, 2.75) is 32.7 Å². The molecule has 0 amide bonds. The van der Waals surface area contributed by atoms with E-state index >= 15 is 0 Å². The minimum absolute atomic E-state index is 0.120. The molecule has 1 N–H and O–H groups in total. The number of ketones is 1. The van der Waals surface area contributed by atoms with E-state index in [0.29, 0.717) is 44.7 Å². The van der Waals surface area contributed by atoms with Gasteiger partial charge >= 0.3 is 5.97 Å². The normalized spacial score (nSPS) is 22.2. The number of carbonyl (C=O) groups excluding carboxylic acids is 2. The van der Waals surface area contributed by atoms with Crippen LogP contribution in [0.25, 0.3) is 0 Å². The second kappa shape index (κ2) is 7.71. The second-order valence-corrected chi connectivity index (χ2v) is 9.43. The van der Waals surface area contributed by atoms with Crippen molar-refractivity contribution in [3.63, 3.8) is 0 Å². The van der Waals surface area contributed by atoms with Gasteiger partial charge in [0.15, 0.2) is 0 Å². The lowest BCUT2D eigenvalue weighted by Gasteiger charge is -2.40.